The van der Waals surface area contributed by atoms with Crippen molar-refractivity contribution in [2.75, 3.05) is 31.2 Å². The molecule has 1 atom stereocenters. The molecule has 0 aliphatic carbocycles. The number of morpholine rings is 1. The second kappa shape index (κ2) is 7.57. The van der Waals surface area contributed by atoms with Gasteiger partial charge in [-0.25, -0.2) is 4.39 Å². The molecule has 3 nitrogen and oxygen atoms in total. The first-order chi connectivity index (χ1) is 11.2. The van der Waals surface area contributed by atoms with Crippen LogP contribution in [0, 0.1) is 5.82 Å². The normalized spacial score (nSPS) is 16.3. The Kier molecular flexibility index (Phi) is 5.26. The lowest BCUT2D eigenvalue weighted by Crippen LogP contribution is -2.37. The van der Waals surface area contributed by atoms with E-state index in [0.717, 1.165) is 38.4 Å². The summed E-state index contributed by atoms with van der Waals surface area (Å²) in [4.78, 5) is 2.38. The van der Waals surface area contributed by atoms with Crippen molar-refractivity contribution in [1.29, 1.82) is 0 Å². The van der Waals surface area contributed by atoms with Gasteiger partial charge in [0.1, 0.15) is 5.82 Å². The zero-order valence-corrected chi connectivity index (χ0v) is 13.5. The van der Waals surface area contributed by atoms with Gasteiger partial charge >= 0.3 is 0 Å². The summed E-state index contributed by atoms with van der Waals surface area (Å²) in [5.41, 5.74) is 3.65. The van der Waals surface area contributed by atoms with Gasteiger partial charge in [0.2, 0.25) is 0 Å². The molecule has 2 aromatic carbocycles. The van der Waals surface area contributed by atoms with Crippen molar-refractivity contribution in [2.24, 2.45) is 0 Å². The standard InChI is InChI=1S/C19H23FN2O/c1-15(16-6-8-18(20)9-7-16)21-14-17-4-2-3-5-19(17)22-10-12-23-13-11-22/h2-9,15,21H,10-14H2,1H3. The quantitative estimate of drug-likeness (QED) is 0.914. The highest BCUT2D eigenvalue weighted by Crippen LogP contribution is 2.22. The van der Waals surface area contributed by atoms with Gasteiger partial charge in [-0.3, -0.25) is 0 Å². The van der Waals surface area contributed by atoms with Crippen molar-refractivity contribution < 1.29 is 9.13 Å². The van der Waals surface area contributed by atoms with E-state index in [1.165, 1.54) is 23.4 Å². The first kappa shape index (κ1) is 16.0. The Morgan fingerprint density at radius 3 is 2.52 bits per heavy atom. The summed E-state index contributed by atoms with van der Waals surface area (Å²) in [5.74, 6) is -0.196. The van der Waals surface area contributed by atoms with E-state index >= 15 is 0 Å². The molecule has 0 aromatic heterocycles. The van der Waals surface area contributed by atoms with Crippen LogP contribution in [0.3, 0.4) is 0 Å². The molecule has 1 aliphatic heterocycles. The second-order valence-electron chi connectivity index (χ2n) is 5.88. The van der Waals surface area contributed by atoms with Crippen LogP contribution in [0.4, 0.5) is 10.1 Å². The van der Waals surface area contributed by atoms with E-state index in [4.69, 9.17) is 4.74 Å². The highest BCUT2D eigenvalue weighted by Gasteiger charge is 2.14. The molecule has 23 heavy (non-hydrogen) atoms. The van der Waals surface area contributed by atoms with E-state index in [0.29, 0.717) is 0 Å². The van der Waals surface area contributed by atoms with E-state index in [1.54, 1.807) is 0 Å². The molecule has 1 N–H and O–H groups in total. The molecule has 2 aromatic rings. The van der Waals surface area contributed by atoms with Crippen molar-refractivity contribution in [3.05, 3.63) is 65.5 Å². The largest absolute Gasteiger partial charge is 0.378 e. The number of para-hydroxylation sites is 1. The summed E-state index contributed by atoms with van der Waals surface area (Å²) < 4.78 is 18.5. The minimum absolute atomic E-state index is 0.174. The lowest BCUT2D eigenvalue weighted by molar-refractivity contribution is 0.122. The topological polar surface area (TPSA) is 24.5 Å². The molecule has 0 amide bonds. The van der Waals surface area contributed by atoms with Crippen molar-refractivity contribution in [3.63, 3.8) is 0 Å². The van der Waals surface area contributed by atoms with Crippen LogP contribution >= 0.6 is 0 Å². The molecular formula is C19H23FN2O. The fourth-order valence-electron chi connectivity index (χ4n) is 2.91. The Labute approximate surface area is 137 Å². The van der Waals surface area contributed by atoms with Crippen LogP contribution in [0.1, 0.15) is 24.1 Å². The number of benzene rings is 2. The number of halogens is 1. The lowest BCUT2D eigenvalue weighted by Gasteiger charge is -2.31. The van der Waals surface area contributed by atoms with Gasteiger partial charge < -0.3 is 15.0 Å². The second-order valence-corrected chi connectivity index (χ2v) is 5.88. The third-order valence-corrected chi connectivity index (χ3v) is 4.31. The smallest absolute Gasteiger partial charge is 0.123 e. The van der Waals surface area contributed by atoms with E-state index in [2.05, 4.69) is 41.4 Å². The molecule has 1 unspecified atom stereocenters. The van der Waals surface area contributed by atoms with Gasteiger partial charge in [0.05, 0.1) is 13.2 Å². The minimum Gasteiger partial charge on any atom is -0.378 e. The lowest BCUT2D eigenvalue weighted by atomic mass is 10.1. The van der Waals surface area contributed by atoms with Gasteiger partial charge in [0.25, 0.3) is 0 Å². The molecule has 0 spiro atoms. The Bertz CT molecular complexity index is 624. The maximum Gasteiger partial charge on any atom is 0.123 e. The third kappa shape index (κ3) is 4.09. The van der Waals surface area contributed by atoms with Gasteiger partial charge in [-0.15, -0.1) is 0 Å². The predicted molar refractivity (Wildman–Crippen MR) is 91.1 cm³/mol. The first-order valence-corrected chi connectivity index (χ1v) is 8.13. The summed E-state index contributed by atoms with van der Waals surface area (Å²) in [5, 5.41) is 3.53. The van der Waals surface area contributed by atoms with Crippen LogP contribution in [-0.2, 0) is 11.3 Å². The van der Waals surface area contributed by atoms with E-state index in [9.17, 15) is 4.39 Å². The molecule has 122 valence electrons. The molecule has 1 fully saturated rings. The maximum absolute atomic E-state index is 13.0. The summed E-state index contributed by atoms with van der Waals surface area (Å²) in [6.07, 6.45) is 0. The maximum atomic E-state index is 13.0. The Morgan fingerprint density at radius 1 is 1.09 bits per heavy atom. The average molecular weight is 314 g/mol. The van der Waals surface area contributed by atoms with Crippen LogP contribution < -0.4 is 10.2 Å². The first-order valence-electron chi connectivity index (χ1n) is 8.13. The number of hydrogen-bond donors (Lipinski definition) is 1. The third-order valence-electron chi connectivity index (χ3n) is 4.31. The number of rotatable bonds is 5. The van der Waals surface area contributed by atoms with Gasteiger partial charge in [-0.05, 0) is 36.2 Å². The summed E-state index contributed by atoms with van der Waals surface area (Å²) in [6.45, 7) is 6.33. The molecule has 4 heteroatoms. The molecule has 1 aliphatic rings. The van der Waals surface area contributed by atoms with Crippen molar-refractivity contribution in [2.45, 2.75) is 19.5 Å². The number of nitrogens with one attached hydrogen (secondary N) is 1. The summed E-state index contributed by atoms with van der Waals surface area (Å²) >= 11 is 0. The number of anilines is 1. The predicted octanol–water partition coefficient (Wildman–Crippen LogP) is 3.51. The van der Waals surface area contributed by atoms with Crippen molar-refractivity contribution in [3.8, 4) is 0 Å². The Morgan fingerprint density at radius 2 is 1.78 bits per heavy atom. The van der Waals surface area contributed by atoms with E-state index < -0.39 is 0 Å². The zero-order valence-electron chi connectivity index (χ0n) is 13.5. The fourth-order valence-corrected chi connectivity index (χ4v) is 2.91. The van der Waals surface area contributed by atoms with Crippen LogP contribution in [0.2, 0.25) is 0 Å². The van der Waals surface area contributed by atoms with Gasteiger partial charge in [0, 0.05) is 31.4 Å². The van der Waals surface area contributed by atoms with Crippen LogP contribution in [0.5, 0.6) is 0 Å². The number of ether oxygens (including phenoxy) is 1. The molecule has 0 radical (unpaired) electrons. The fraction of sp³-hybridized carbons (Fsp3) is 0.368. The summed E-state index contributed by atoms with van der Waals surface area (Å²) in [6, 6.07) is 15.3. The molecule has 0 bridgehead atoms. The molecular weight excluding hydrogens is 291 g/mol. The van der Waals surface area contributed by atoms with Gasteiger partial charge in [-0.2, -0.15) is 0 Å². The van der Waals surface area contributed by atoms with Crippen LogP contribution in [-0.4, -0.2) is 26.3 Å². The minimum atomic E-state index is -0.196. The summed E-state index contributed by atoms with van der Waals surface area (Å²) in [7, 11) is 0. The van der Waals surface area contributed by atoms with Gasteiger partial charge in [-0.1, -0.05) is 30.3 Å². The molecule has 1 saturated heterocycles. The van der Waals surface area contributed by atoms with Crippen molar-refractivity contribution in [1.82, 2.24) is 5.32 Å². The van der Waals surface area contributed by atoms with E-state index in [1.807, 2.05) is 12.1 Å². The molecule has 1 heterocycles. The molecule has 3 rings (SSSR count). The average Bonchev–Trinajstić information content (AvgIpc) is 2.61. The highest BCUT2D eigenvalue weighted by atomic mass is 19.1. The monoisotopic (exact) mass is 314 g/mol. The van der Waals surface area contributed by atoms with Crippen LogP contribution in [0.25, 0.3) is 0 Å². The molecule has 0 saturated carbocycles. The van der Waals surface area contributed by atoms with E-state index in [-0.39, 0.29) is 11.9 Å². The Hall–Kier alpha value is -1.91. The number of hydrogen-bond acceptors (Lipinski definition) is 3. The highest BCUT2D eigenvalue weighted by molar-refractivity contribution is 5.54. The SMILES string of the molecule is CC(NCc1ccccc1N1CCOCC1)c1ccc(F)cc1. The zero-order chi connectivity index (χ0) is 16.1. The number of nitrogens with zero attached hydrogens (tertiary/aromatic N) is 1. The van der Waals surface area contributed by atoms with Gasteiger partial charge in [0.15, 0.2) is 0 Å². The van der Waals surface area contributed by atoms with Crippen LogP contribution in [0.15, 0.2) is 48.5 Å². The van der Waals surface area contributed by atoms with Crippen molar-refractivity contribution >= 4 is 5.69 Å². The Balaban J connectivity index is 1.66.